The largest absolute Gasteiger partial charge is 0.215 e. The van der Waals surface area contributed by atoms with Crippen molar-refractivity contribution in [3.8, 4) is 0 Å². The first kappa shape index (κ1) is 15.8. The number of rotatable bonds is 4. The first-order valence-electron chi connectivity index (χ1n) is 7.48. The van der Waals surface area contributed by atoms with E-state index < -0.39 is 0 Å². The zero-order chi connectivity index (χ0) is 15.8. The maximum atomic E-state index is 6.29. The molecule has 1 aliphatic carbocycles. The van der Waals surface area contributed by atoms with Gasteiger partial charge in [-0.3, -0.25) is 0 Å². The summed E-state index contributed by atoms with van der Waals surface area (Å²) in [6.07, 6.45) is 5.65. The molecule has 0 aliphatic heterocycles. The van der Waals surface area contributed by atoms with Crippen molar-refractivity contribution in [2.45, 2.75) is 35.2 Å². The Hall–Kier alpha value is -0.750. The van der Waals surface area contributed by atoms with E-state index in [4.69, 9.17) is 21.6 Å². The molecule has 0 bridgehead atoms. The van der Waals surface area contributed by atoms with E-state index in [1.807, 2.05) is 35.8 Å². The number of aromatic nitrogens is 2. The summed E-state index contributed by atoms with van der Waals surface area (Å²) in [5, 5.41) is 4.08. The van der Waals surface area contributed by atoms with E-state index in [2.05, 4.69) is 6.07 Å². The van der Waals surface area contributed by atoms with Crippen molar-refractivity contribution in [3.63, 3.8) is 0 Å². The fraction of sp³-hybridized carbons (Fsp3) is 0.294. The molecule has 4 rings (SSSR count). The highest BCUT2D eigenvalue weighted by Gasteiger charge is 2.22. The van der Waals surface area contributed by atoms with Crippen molar-refractivity contribution < 1.29 is 0 Å². The zero-order valence-electron chi connectivity index (χ0n) is 12.6. The number of thiophene rings is 1. The van der Waals surface area contributed by atoms with Gasteiger partial charge in [0.05, 0.1) is 0 Å². The molecule has 1 aromatic carbocycles. The van der Waals surface area contributed by atoms with Crippen molar-refractivity contribution >= 4 is 56.7 Å². The average molecular weight is 379 g/mol. The smallest absolute Gasteiger partial charge is 0.189 e. The molecule has 0 radical (unpaired) electrons. The molecule has 0 atom stereocenters. The normalized spacial score (nSPS) is 13.7. The highest BCUT2D eigenvalue weighted by atomic mass is 35.5. The molecule has 0 amide bonds. The van der Waals surface area contributed by atoms with Gasteiger partial charge in [0, 0.05) is 21.0 Å². The molecule has 0 saturated carbocycles. The minimum atomic E-state index is 0.825. The molecule has 2 heterocycles. The van der Waals surface area contributed by atoms with Gasteiger partial charge in [-0.15, -0.1) is 23.1 Å². The van der Waals surface area contributed by atoms with Crippen molar-refractivity contribution in [1.82, 2.24) is 9.97 Å². The fourth-order valence-corrected chi connectivity index (χ4v) is 6.05. The van der Waals surface area contributed by atoms with Crippen LogP contribution in [-0.4, -0.2) is 16.2 Å². The molecule has 3 aromatic rings. The first-order chi connectivity index (χ1) is 11.3. The summed E-state index contributed by atoms with van der Waals surface area (Å²) in [5.41, 5.74) is 2.64. The molecule has 0 fully saturated rings. The van der Waals surface area contributed by atoms with Gasteiger partial charge in [-0.25, -0.2) is 9.97 Å². The maximum absolute atomic E-state index is 6.29. The number of halogens is 1. The molecule has 23 heavy (non-hydrogen) atoms. The van der Waals surface area contributed by atoms with Crippen LogP contribution >= 0.6 is 46.5 Å². The number of benzene rings is 1. The molecule has 0 unspecified atom stereocenters. The third-order valence-electron chi connectivity index (χ3n) is 4.02. The Morgan fingerprint density at radius 1 is 1.22 bits per heavy atom. The van der Waals surface area contributed by atoms with Crippen LogP contribution in [0.25, 0.3) is 10.2 Å². The van der Waals surface area contributed by atoms with Gasteiger partial charge in [-0.2, -0.15) is 0 Å². The first-order valence-corrected chi connectivity index (χ1v) is 10.9. The number of fused-ring (bicyclic) bond motifs is 3. The third kappa shape index (κ3) is 3.00. The Morgan fingerprint density at radius 3 is 2.91 bits per heavy atom. The van der Waals surface area contributed by atoms with Gasteiger partial charge < -0.3 is 0 Å². The van der Waals surface area contributed by atoms with E-state index in [-0.39, 0.29) is 0 Å². The zero-order valence-corrected chi connectivity index (χ0v) is 15.8. The minimum Gasteiger partial charge on any atom is -0.215 e. The van der Waals surface area contributed by atoms with Gasteiger partial charge in [0.2, 0.25) is 0 Å². The van der Waals surface area contributed by atoms with Crippen molar-refractivity contribution in [3.05, 3.63) is 45.3 Å². The molecule has 0 spiro atoms. The lowest BCUT2D eigenvalue weighted by atomic mass is 10.2. The van der Waals surface area contributed by atoms with Crippen LogP contribution < -0.4 is 0 Å². The van der Waals surface area contributed by atoms with E-state index in [0.717, 1.165) is 37.8 Å². The van der Waals surface area contributed by atoms with Crippen LogP contribution in [0, 0.1) is 0 Å². The van der Waals surface area contributed by atoms with E-state index in [1.54, 1.807) is 23.5 Å². The van der Waals surface area contributed by atoms with Crippen LogP contribution in [0.4, 0.5) is 0 Å². The number of nitrogens with zero attached hydrogens (tertiary/aromatic N) is 2. The second-order valence-electron chi connectivity index (χ2n) is 5.43. The van der Waals surface area contributed by atoms with Crippen LogP contribution in [0.2, 0.25) is 5.02 Å². The van der Waals surface area contributed by atoms with E-state index in [0.29, 0.717) is 0 Å². The molecule has 6 heteroatoms. The van der Waals surface area contributed by atoms with Crippen molar-refractivity contribution in [2.75, 3.05) is 6.26 Å². The maximum Gasteiger partial charge on any atom is 0.189 e. The topological polar surface area (TPSA) is 25.8 Å². The predicted molar refractivity (Wildman–Crippen MR) is 102 cm³/mol. The van der Waals surface area contributed by atoms with Crippen LogP contribution in [0.3, 0.4) is 0 Å². The summed E-state index contributed by atoms with van der Waals surface area (Å²) >= 11 is 11.5. The SMILES string of the molecule is CSc1nc(SCc2ccccc2Cl)c2c3c(sc2n1)CCC3. The molecule has 118 valence electrons. The molecular weight excluding hydrogens is 364 g/mol. The quantitative estimate of drug-likeness (QED) is 0.323. The third-order valence-corrected chi connectivity index (χ3v) is 7.14. The van der Waals surface area contributed by atoms with Gasteiger partial charge in [0.15, 0.2) is 5.16 Å². The van der Waals surface area contributed by atoms with Crippen molar-refractivity contribution in [2.24, 2.45) is 0 Å². The van der Waals surface area contributed by atoms with E-state index >= 15 is 0 Å². The highest BCUT2D eigenvalue weighted by molar-refractivity contribution is 7.99. The Kier molecular flexibility index (Phi) is 4.54. The van der Waals surface area contributed by atoms with Gasteiger partial charge in [0.25, 0.3) is 0 Å². The number of hydrogen-bond acceptors (Lipinski definition) is 5. The van der Waals surface area contributed by atoms with Gasteiger partial charge in [-0.05, 0) is 42.7 Å². The lowest BCUT2D eigenvalue weighted by Gasteiger charge is -2.07. The van der Waals surface area contributed by atoms with Gasteiger partial charge in [0.1, 0.15) is 9.86 Å². The number of aryl methyl sites for hydroxylation is 2. The van der Waals surface area contributed by atoms with Gasteiger partial charge in [-0.1, -0.05) is 41.6 Å². The second kappa shape index (κ2) is 6.63. The average Bonchev–Trinajstić information content (AvgIpc) is 3.14. The molecule has 2 aromatic heterocycles. The second-order valence-corrected chi connectivity index (χ2v) is 8.66. The van der Waals surface area contributed by atoms with E-state index in [1.165, 1.54) is 28.7 Å². The molecule has 0 N–H and O–H groups in total. The standard InChI is InChI=1S/C17H15ClN2S3/c1-21-17-19-15(22-9-10-5-2-3-7-12(10)18)14-11-6-4-8-13(11)23-16(14)20-17/h2-3,5,7H,4,6,8-9H2,1H3. The van der Waals surface area contributed by atoms with Crippen LogP contribution in [-0.2, 0) is 18.6 Å². The highest BCUT2D eigenvalue weighted by Crippen LogP contribution is 2.42. The van der Waals surface area contributed by atoms with Crippen LogP contribution in [0.15, 0.2) is 34.4 Å². The Labute approximate surface area is 153 Å². The number of hydrogen-bond donors (Lipinski definition) is 0. The predicted octanol–water partition coefficient (Wildman–Crippen LogP) is 5.85. The molecule has 2 nitrogen and oxygen atoms in total. The number of thioether (sulfide) groups is 2. The summed E-state index contributed by atoms with van der Waals surface area (Å²) in [6, 6.07) is 8.04. The van der Waals surface area contributed by atoms with E-state index in [9.17, 15) is 0 Å². The lowest BCUT2D eigenvalue weighted by Crippen LogP contribution is -1.92. The fourth-order valence-electron chi connectivity index (χ4n) is 2.90. The summed E-state index contributed by atoms with van der Waals surface area (Å²) in [5.74, 6) is 0.838. The Balaban J connectivity index is 1.74. The molecule has 1 aliphatic rings. The molecule has 0 saturated heterocycles. The van der Waals surface area contributed by atoms with Crippen LogP contribution in [0.5, 0.6) is 0 Å². The lowest BCUT2D eigenvalue weighted by molar-refractivity contribution is 0.906. The summed E-state index contributed by atoms with van der Waals surface area (Å²) < 4.78 is 0. The van der Waals surface area contributed by atoms with Gasteiger partial charge >= 0.3 is 0 Å². The minimum absolute atomic E-state index is 0.825. The van der Waals surface area contributed by atoms with Crippen LogP contribution in [0.1, 0.15) is 22.4 Å². The summed E-state index contributed by atoms with van der Waals surface area (Å²) in [4.78, 5) is 12.2. The Morgan fingerprint density at radius 2 is 2.09 bits per heavy atom. The monoisotopic (exact) mass is 378 g/mol. The Bertz CT molecular complexity index is 876. The summed E-state index contributed by atoms with van der Waals surface area (Å²) in [6.45, 7) is 0. The molecular formula is C17H15ClN2S3. The van der Waals surface area contributed by atoms with Crippen molar-refractivity contribution in [1.29, 1.82) is 0 Å². The summed E-state index contributed by atoms with van der Waals surface area (Å²) in [7, 11) is 0.